The molecule has 4 rings (SSSR count). The van der Waals surface area contributed by atoms with Crippen LogP contribution in [0.1, 0.15) is 22.2 Å². The molecule has 3 aromatic rings. The smallest absolute Gasteiger partial charge is 0.349 e. The molecule has 8 nitrogen and oxygen atoms in total. The molecule has 1 aliphatic heterocycles. The number of ether oxygens (including phenoxy) is 2. The molecule has 0 aliphatic carbocycles. The lowest BCUT2D eigenvalue weighted by Gasteiger charge is -2.16. The number of nitrogens with zero attached hydrogens (tertiary/aromatic N) is 1. The van der Waals surface area contributed by atoms with E-state index in [-0.39, 0.29) is 5.69 Å². The van der Waals surface area contributed by atoms with Crippen LogP contribution in [0, 0.1) is 15.9 Å². The number of benzene rings is 2. The van der Waals surface area contributed by atoms with E-state index in [4.69, 9.17) is 9.47 Å². The Kier molecular flexibility index (Phi) is 5.38. The minimum atomic E-state index is -1.18. The molecule has 0 saturated heterocycles. The molecule has 1 unspecified atom stereocenters. The van der Waals surface area contributed by atoms with E-state index in [0.717, 1.165) is 33.9 Å². The Balaban J connectivity index is 1.45. The molecule has 0 saturated carbocycles. The van der Waals surface area contributed by atoms with Crippen LogP contribution in [-0.4, -0.2) is 22.9 Å². The minimum absolute atomic E-state index is 0.0151. The summed E-state index contributed by atoms with van der Waals surface area (Å²) in [7, 11) is 0. The number of anilines is 1. The largest absolute Gasteiger partial charge is 0.488 e. The average molecular weight is 442 g/mol. The molecule has 2 aromatic carbocycles. The zero-order valence-electron chi connectivity index (χ0n) is 16.1. The van der Waals surface area contributed by atoms with Gasteiger partial charge in [0.1, 0.15) is 17.2 Å². The fraction of sp³-hybridized carbons (Fsp3) is 0.143. The van der Waals surface area contributed by atoms with Crippen LogP contribution in [0.15, 0.2) is 48.5 Å². The molecule has 1 aliphatic rings. The quantitative estimate of drug-likeness (QED) is 0.353. The number of hydrogen-bond donors (Lipinski definition) is 1. The van der Waals surface area contributed by atoms with Gasteiger partial charge in [0, 0.05) is 27.8 Å². The van der Waals surface area contributed by atoms with Gasteiger partial charge in [-0.1, -0.05) is 12.1 Å². The second-order valence-corrected chi connectivity index (χ2v) is 7.76. The van der Waals surface area contributed by atoms with Gasteiger partial charge in [0.15, 0.2) is 6.10 Å². The Morgan fingerprint density at radius 1 is 1.26 bits per heavy atom. The van der Waals surface area contributed by atoms with Crippen molar-refractivity contribution in [2.45, 2.75) is 19.6 Å². The van der Waals surface area contributed by atoms with Gasteiger partial charge in [-0.2, -0.15) is 4.39 Å². The van der Waals surface area contributed by atoms with Crippen molar-refractivity contribution in [3.05, 3.63) is 74.9 Å². The average Bonchev–Trinajstić information content (AvgIpc) is 3.20. The molecular formula is C21H15FN2O6S. The molecule has 0 fully saturated rings. The maximum absolute atomic E-state index is 13.4. The van der Waals surface area contributed by atoms with Gasteiger partial charge in [-0.15, -0.1) is 11.3 Å². The fourth-order valence-electron chi connectivity index (χ4n) is 3.05. The highest BCUT2D eigenvalue weighted by atomic mass is 32.1. The summed E-state index contributed by atoms with van der Waals surface area (Å²) >= 11 is 1.25. The van der Waals surface area contributed by atoms with Crippen molar-refractivity contribution in [3.8, 4) is 16.2 Å². The van der Waals surface area contributed by atoms with Gasteiger partial charge >= 0.3 is 11.7 Å². The van der Waals surface area contributed by atoms with Crippen LogP contribution in [0.3, 0.4) is 0 Å². The summed E-state index contributed by atoms with van der Waals surface area (Å²) in [5.41, 5.74) is 0.985. The van der Waals surface area contributed by atoms with E-state index in [9.17, 15) is 24.1 Å². The predicted molar refractivity (Wildman–Crippen MR) is 111 cm³/mol. The monoisotopic (exact) mass is 442 g/mol. The van der Waals surface area contributed by atoms with Gasteiger partial charge in [-0.05, 0) is 37.3 Å². The summed E-state index contributed by atoms with van der Waals surface area (Å²) in [5, 5.41) is 13.2. The van der Waals surface area contributed by atoms with Crippen molar-refractivity contribution in [2.75, 3.05) is 5.32 Å². The summed E-state index contributed by atoms with van der Waals surface area (Å²) < 4.78 is 24.4. The molecule has 158 valence electrons. The SMILES string of the molecule is CC(OC(=O)c1cc2c(s1)-c1ccccc1OC2)C(=O)Nc1ccc(F)c([N+](=O)[O-])c1. The van der Waals surface area contributed by atoms with E-state index in [1.54, 1.807) is 6.07 Å². The number of fused-ring (bicyclic) bond motifs is 3. The lowest BCUT2D eigenvalue weighted by atomic mass is 10.1. The van der Waals surface area contributed by atoms with Crippen LogP contribution in [-0.2, 0) is 16.1 Å². The van der Waals surface area contributed by atoms with Gasteiger partial charge in [-0.3, -0.25) is 14.9 Å². The maximum Gasteiger partial charge on any atom is 0.349 e. The number of amides is 1. The van der Waals surface area contributed by atoms with Crippen LogP contribution in [0.25, 0.3) is 10.4 Å². The van der Waals surface area contributed by atoms with E-state index >= 15 is 0 Å². The standard InChI is InChI=1S/C21H15FN2O6S/c1-11(20(25)23-13-6-7-15(22)16(9-13)24(27)28)30-21(26)18-8-12-10-29-17-5-3-2-4-14(17)19(12)31-18/h2-9,11H,10H2,1H3,(H,23,25). The third kappa shape index (κ3) is 4.10. The van der Waals surface area contributed by atoms with E-state index in [1.807, 2.05) is 24.3 Å². The van der Waals surface area contributed by atoms with Crippen molar-refractivity contribution < 1.29 is 28.4 Å². The normalized spacial score (nSPS) is 12.7. The number of nitro groups is 1. The van der Waals surface area contributed by atoms with Crippen LogP contribution in [0.4, 0.5) is 15.8 Å². The Labute approximate surface area is 179 Å². The third-order valence-corrected chi connectivity index (χ3v) is 5.78. The fourth-order valence-corrected chi connectivity index (χ4v) is 4.13. The van der Waals surface area contributed by atoms with Gasteiger partial charge in [-0.25, -0.2) is 4.79 Å². The van der Waals surface area contributed by atoms with Crippen LogP contribution in [0.2, 0.25) is 0 Å². The summed E-state index contributed by atoms with van der Waals surface area (Å²) in [5.74, 6) is -1.67. The number of thiophene rings is 1. The zero-order chi connectivity index (χ0) is 22.1. The molecular weight excluding hydrogens is 427 g/mol. The number of carbonyl (C=O) groups is 2. The van der Waals surface area contributed by atoms with Gasteiger partial charge in [0.25, 0.3) is 5.91 Å². The maximum atomic E-state index is 13.4. The number of nitrogens with one attached hydrogen (secondary N) is 1. The van der Waals surface area contributed by atoms with Gasteiger partial charge < -0.3 is 14.8 Å². The summed E-state index contributed by atoms with van der Waals surface area (Å²) in [6, 6.07) is 12.1. The number of nitro benzene ring substituents is 1. The lowest BCUT2D eigenvalue weighted by Crippen LogP contribution is -2.29. The Morgan fingerprint density at radius 2 is 2.03 bits per heavy atom. The number of para-hydroxylation sites is 1. The van der Waals surface area contributed by atoms with E-state index in [1.165, 1.54) is 24.3 Å². The number of carbonyl (C=O) groups excluding carboxylic acids is 2. The first-order valence-corrected chi connectivity index (χ1v) is 9.96. The first-order valence-electron chi connectivity index (χ1n) is 9.14. The second-order valence-electron chi connectivity index (χ2n) is 6.71. The van der Waals surface area contributed by atoms with Crippen LogP contribution < -0.4 is 10.1 Å². The highest BCUT2D eigenvalue weighted by Gasteiger charge is 2.26. The molecule has 0 radical (unpaired) electrons. The zero-order valence-corrected chi connectivity index (χ0v) is 16.9. The highest BCUT2D eigenvalue weighted by molar-refractivity contribution is 7.17. The highest BCUT2D eigenvalue weighted by Crippen LogP contribution is 2.42. The molecule has 2 heterocycles. The predicted octanol–water partition coefficient (Wildman–Crippen LogP) is 4.54. The molecule has 1 amide bonds. The first kappa shape index (κ1) is 20.5. The van der Waals surface area contributed by atoms with Crippen molar-refractivity contribution in [1.82, 2.24) is 0 Å². The molecule has 1 N–H and O–H groups in total. The van der Waals surface area contributed by atoms with E-state index < -0.39 is 34.4 Å². The Bertz CT molecular complexity index is 1210. The van der Waals surface area contributed by atoms with Crippen LogP contribution in [0.5, 0.6) is 5.75 Å². The van der Waals surface area contributed by atoms with E-state index in [0.29, 0.717) is 11.5 Å². The summed E-state index contributed by atoms with van der Waals surface area (Å²) in [6.45, 7) is 1.70. The minimum Gasteiger partial charge on any atom is -0.488 e. The topological polar surface area (TPSA) is 108 Å². The molecule has 0 spiro atoms. The van der Waals surface area contributed by atoms with E-state index in [2.05, 4.69) is 5.32 Å². The van der Waals surface area contributed by atoms with Gasteiger partial charge in [0.2, 0.25) is 5.82 Å². The summed E-state index contributed by atoms with van der Waals surface area (Å²) in [6.07, 6.45) is -1.18. The molecule has 1 aromatic heterocycles. The Morgan fingerprint density at radius 3 is 2.81 bits per heavy atom. The molecule has 10 heteroatoms. The van der Waals surface area contributed by atoms with Crippen molar-refractivity contribution in [2.24, 2.45) is 0 Å². The first-order chi connectivity index (χ1) is 14.8. The van der Waals surface area contributed by atoms with Gasteiger partial charge in [0.05, 0.1) is 4.92 Å². The molecule has 31 heavy (non-hydrogen) atoms. The summed E-state index contributed by atoms with van der Waals surface area (Å²) in [4.78, 5) is 36.1. The van der Waals surface area contributed by atoms with Crippen LogP contribution >= 0.6 is 11.3 Å². The number of halogens is 1. The number of hydrogen-bond acceptors (Lipinski definition) is 7. The van der Waals surface area contributed by atoms with Crippen molar-refractivity contribution in [3.63, 3.8) is 0 Å². The van der Waals surface area contributed by atoms with Crippen molar-refractivity contribution >= 4 is 34.6 Å². The van der Waals surface area contributed by atoms with Crippen molar-refractivity contribution in [1.29, 1.82) is 0 Å². The third-order valence-electron chi connectivity index (χ3n) is 4.59. The Hall–Kier alpha value is -3.79. The second kappa shape index (κ2) is 8.15. The molecule has 1 atom stereocenters. The number of rotatable bonds is 5. The molecule has 0 bridgehead atoms. The lowest BCUT2D eigenvalue weighted by molar-refractivity contribution is -0.387. The number of esters is 1.